The fraction of sp³-hybridized carbons (Fsp3) is 0.923. The minimum atomic E-state index is -4.48. The topological polar surface area (TPSA) is 38.3 Å². The van der Waals surface area contributed by atoms with Gasteiger partial charge >= 0.3 is 12.4 Å². The number of carbonyl (C=O) groups excluding carboxylic acids is 1. The second kappa shape index (κ2) is 7.52. The number of ether oxygens (including phenoxy) is 1. The van der Waals surface area contributed by atoms with E-state index in [1.165, 1.54) is 6.92 Å². The van der Waals surface area contributed by atoms with E-state index < -0.39 is 49.4 Å². The van der Waals surface area contributed by atoms with Crippen LogP contribution in [-0.4, -0.2) is 37.5 Å². The Labute approximate surface area is 124 Å². The minimum absolute atomic E-state index is 0.0967. The molecule has 0 aromatic carbocycles. The molecule has 9 heteroatoms. The third-order valence-corrected chi connectivity index (χ3v) is 3.55. The number of halogens is 6. The van der Waals surface area contributed by atoms with Gasteiger partial charge in [-0.3, -0.25) is 4.79 Å². The third kappa shape index (κ3) is 6.41. The predicted molar refractivity (Wildman–Crippen MR) is 66.0 cm³/mol. The highest BCUT2D eigenvalue weighted by Gasteiger charge is 2.48. The first-order valence-corrected chi connectivity index (χ1v) is 7.02. The van der Waals surface area contributed by atoms with Crippen LogP contribution in [0.15, 0.2) is 0 Å². The Balaban J connectivity index is 2.48. The van der Waals surface area contributed by atoms with Crippen LogP contribution >= 0.6 is 0 Å². The molecule has 1 N–H and O–H groups in total. The van der Waals surface area contributed by atoms with E-state index in [4.69, 9.17) is 0 Å². The number of hydrogen-bond donors (Lipinski definition) is 1. The molecule has 1 aliphatic carbocycles. The molecule has 1 rings (SSSR count). The fourth-order valence-corrected chi connectivity index (χ4v) is 2.58. The van der Waals surface area contributed by atoms with Crippen LogP contribution in [-0.2, 0) is 9.53 Å². The van der Waals surface area contributed by atoms with Gasteiger partial charge in [-0.15, -0.1) is 0 Å². The molecule has 22 heavy (non-hydrogen) atoms. The Morgan fingerprint density at radius 1 is 1.18 bits per heavy atom. The number of nitrogens with one attached hydrogen (secondary N) is 1. The lowest BCUT2D eigenvalue weighted by Gasteiger charge is -2.32. The average molecular weight is 335 g/mol. The smallest absolute Gasteiger partial charge is 0.370 e. The molecule has 0 aromatic heterocycles. The minimum Gasteiger partial charge on any atom is -0.370 e. The summed E-state index contributed by atoms with van der Waals surface area (Å²) in [7, 11) is 0. The highest BCUT2D eigenvalue weighted by molar-refractivity contribution is 5.79. The zero-order chi connectivity index (χ0) is 17.0. The van der Waals surface area contributed by atoms with Gasteiger partial charge in [-0.25, -0.2) is 0 Å². The maximum atomic E-state index is 12.9. The van der Waals surface area contributed by atoms with Crippen LogP contribution in [0.2, 0.25) is 0 Å². The molecule has 0 radical (unpaired) electrons. The zero-order valence-electron chi connectivity index (χ0n) is 12.1. The number of rotatable bonds is 5. The van der Waals surface area contributed by atoms with Crippen molar-refractivity contribution in [1.29, 1.82) is 0 Å². The van der Waals surface area contributed by atoms with Crippen LogP contribution in [0.25, 0.3) is 0 Å². The number of alkyl halides is 6. The van der Waals surface area contributed by atoms with E-state index in [1.807, 2.05) is 0 Å². The second-order valence-corrected chi connectivity index (χ2v) is 5.58. The first-order chi connectivity index (χ1) is 10.0. The zero-order valence-corrected chi connectivity index (χ0v) is 12.1. The number of carbonyl (C=O) groups is 1. The Hall–Kier alpha value is -0.990. The molecule has 130 valence electrons. The summed E-state index contributed by atoms with van der Waals surface area (Å²) in [5.74, 6) is -3.64. The maximum Gasteiger partial charge on any atom is 0.411 e. The summed E-state index contributed by atoms with van der Waals surface area (Å²) >= 11 is 0. The van der Waals surface area contributed by atoms with Crippen molar-refractivity contribution in [3.05, 3.63) is 0 Å². The van der Waals surface area contributed by atoms with E-state index in [2.05, 4.69) is 10.1 Å². The lowest BCUT2D eigenvalue weighted by atomic mass is 9.78. The molecule has 0 aliphatic heterocycles. The Kier molecular flexibility index (Phi) is 6.51. The van der Waals surface area contributed by atoms with Crippen molar-refractivity contribution in [2.45, 2.75) is 51.0 Å². The Bertz CT molecular complexity index is 369. The molecular formula is C13H19F6NO2. The quantitative estimate of drug-likeness (QED) is 0.782. The van der Waals surface area contributed by atoms with Gasteiger partial charge in [0.1, 0.15) is 6.61 Å². The van der Waals surface area contributed by atoms with Gasteiger partial charge in [0.05, 0.1) is 12.5 Å². The van der Waals surface area contributed by atoms with E-state index in [9.17, 15) is 31.1 Å². The summed E-state index contributed by atoms with van der Waals surface area (Å²) in [5.41, 5.74) is 0. The lowest BCUT2D eigenvalue weighted by Crippen LogP contribution is -2.46. The largest absolute Gasteiger partial charge is 0.411 e. The number of hydrogen-bond acceptors (Lipinski definition) is 2. The molecule has 0 unspecified atom stereocenters. The maximum absolute atomic E-state index is 12.9. The molecular weight excluding hydrogens is 316 g/mol. The van der Waals surface area contributed by atoms with Crippen LogP contribution in [0, 0.1) is 11.8 Å². The van der Waals surface area contributed by atoms with Gasteiger partial charge in [-0.2, -0.15) is 26.3 Å². The molecule has 0 heterocycles. The second-order valence-electron chi connectivity index (χ2n) is 5.58. The Morgan fingerprint density at radius 3 is 2.32 bits per heavy atom. The van der Waals surface area contributed by atoms with Gasteiger partial charge in [-0.05, 0) is 19.8 Å². The molecule has 0 bridgehead atoms. The monoisotopic (exact) mass is 335 g/mol. The molecule has 3 nitrogen and oxygen atoms in total. The van der Waals surface area contributed by atoms with E-state index in [0.29, 0.717) is 12.8 Å². The van der Waals surface area contributed by atoms with Gasteiger partial charge in [0.25, 0.3) is 0 Å². The molecule has 1 saturated carbocycles. The highest BCUT2D eigenvalue weighted by atomic mass is 19.4. The van der Waals surface area contributed by atoms with Crippen molar-refractivity contribution in [2.24, 2.45) is 11.8 Å². The van der Waals surface area contributed by atoms with Crippen LogP contribution < -0.4 is 5.32 Å². The van der Waals surface area contributed by atoms with Gasteiger partial charge in [0.2, 0.25) is 5.91 Å². The van der Waals surface area contributed by atoms with E-state index in [0.717, 1.165) is 0 Å². The third-order valence-electron chi connectivity index (χ3n) is 3.55. The van der Waals surface area contributed by atoms with Gasteiger partial charge in [-0.1, -0.05) is 12.8 Å². The highest BCUT2D eigenvalue weighted by Crippen LogP contribution is 2.41. The summed E-state index contributed by atoms with van der Waals surface area (Å²) in [5, 5.41) is 2.31. The van der Waals surface area contributed by atoms with Crippen molar-refractivity contribution in [3.63, 3.8) is 0 Å². The van der Waals surface area contributed by atoms with Crippen molar-refractivity contribution in [3.8, 4) is 0 Å². The molecule has 0 aromatic rings. The predicted octanol–water partition coefficient (Wildman–Crippen LogP) is 3.44. The normalized spacial score (nSPS) is 24.9. The fourth-order valence-electron chi connectivity index (χ4n) is 2.58. The SMILES string of the molecule is C[C@H](COCC(F)(F)F)NC(=O)[C@H]1CCCC[C@H]1C(F)(F)F. The molecule has 0 saturated heterocycles. The van der Waals surface area contributed by atoms with Crippen molar-refractivity contribution >= 4 is 5.91 Å². The summed E-state index contributed by atoms with van der Waals surface area (Å²) in [6, 6.07) is -0.786. The summed E-state index contributed by atoms with van der Waals surface area (Å²) in [6.07, 6.45) is -7.94. The van der Waals surface area contributed by atoms with Crippen LogP contribution in [0.4, 0.5) is 26.3 Å². The molecule has 3 atom stereocenters. The first kappa shape index (κ1) is 19.1. The number of amides is 1. The van der Waals surface area contributed by atoms with Crippen LogP contribution in [0.1, 0.15) is 32.6 Å². The lowest BCUT2D eigenvalue weighted by molar-refractivity contribution is -0.198. The summed E-state index contributed by atoms with van der Waals surface area (Å²) in [6.45, 7) is -0.476. The van der Waals surface area contributed by atoms with Gasteiger partial charge in [0.15, 0.2) is 0 Å². The first-order valence-electron chi connectivity index (χ1n) is 7.02. The van der Waals surface area contributed by atoms with E-state index >= 15 is 0 Å². The van der Waals surface area contributed by atoms with Crippen LogP contribution in [0.3, 0.4) is 0 Å². The average Bonchev–Trinajstić information content (AvgIpc) is 2.36. The van der Waals surface area contributed by atoms with Crippen molar-refractivity contribution in [2.75, 3.05) is 13.2 Å². The van der Waals surface area contributed by atoms with Gasteiger partial charge in [0, 0.05) is 12.0 Å². The van der Waals surface area contributed by atoms with Crippen molar-refractivity contribution < 1.29 is 35.9 Å². The van der Waals surface area contributed by atoms with Crippen molar-refractivity contribution in [1.82, 2.24) is 5.32 Å². The van der Waals surface area contributed by atoms with E-state index in [-0.39, 0.29) is 12.8 Å². The van der Waals surface area contributed by atoms with Crippen LogP contribution in [0.5, 0.6) is 0 Å². The molecule has 0 spiro atoms. The van der Waals surface area contributed by atoms with E-state index in [1.54, 1.807) is 0 Å². The standard InChI is InChI=1S/C13H19F6NO2/c1-8(6-22-7-12(14,15)16)20-11(21)9-4-2-3-5-10(9)13(17,18)19/h8-10H,2-7H2,1H3,(H,20,21)/t8-,9+,10-/m1/s1. The molecule has 1 fully saturated rings. The summed E-state index contributed by atoms with van der Waals surface area (Å²) in [4.78, 5) is 11.9. The summed E-state index contributed by atoms with van der Waals surface area (Å²) < 4.78 is 78.8. The van der Waals surface area contributed by atoms with Gasteiger partial charge < -0.3 is 10.1 Å². The molecule has 1 amide bonds. The Morgan fingerprint density at radius 2 is 1.77 bits per heavy atom. The molecule has 1 aliphatic rings.